The van der Waals surface area contributed by atoms with E-state index in [0.717, 1.165) is 5.82 Å². The zero-order chi connectivity index (χ0) is 9.19. The van der Waals surface area contributed by atoms with Gasteiger partial charge in [-0.2, -0.15) is 0 Å². The maximum absolute atomic E-state index is 5.40. The van der Waals surface area contributed by atoms with Crippen molar-refractivity contribution >= 4 is 12.6 Å². The molecule has 0 bridgehead atoms. The van der Waals surface area contributed by atoms with Crippen molar-refractivity contribution in [2.45, 2.75) is 25.7 Å². The number of aryl methyl sites for hydroxylation is 1. The Bertz CT molecular complexity index is 253. The summed E-state index contributed by atoms with van der Waals surface area (Å²) in [6.07, 6.45) is 3.28. The first-order valence-corrected chi connectivity index (χ1v) is 4.12. The van der Waals surface area contributed by atoms with E-state index in [1.54, 1.807) is 12.4 Å². The summed E-state index contributed by atoms with van der Waals surface area (Å²) < 4.78 is 5.40. The SMILES string of the molecule is Cc1ncc(OC(C)(C)S)cn1. The van der Waals surface area contributed by atoms with Crippen LogP contribution >= 0.6 is 12.6 Å². The zero-order valence-corrected chi connectivity index (χ0v) is 8.30. The van der Waals surface area contributed by atoms with E-state index in [4.69, 9.17) is 4.74 Å². The third-order valence-electron chi connectivity index (χ3n) is 1.12. The Morgan fingerprint density at radius 3 is 2.25 bits per heavy atom. The Balaban J connectivity index is 2.71. The molecular weight excluding hydrogens is 172 g/mol. The molecule has 3 nitrogen and oxygen atoms in total. The Morgan fingerprint density at radius 1 is 1.33 bits per heavy atom. The molecule has 0 saturated heterocycles. The first kappa shape index (κ1) is 9.32. The van der Waals surface area contributed by atoms with E-state index in [0.29, 0.717) is 5.75 Å². The van der Waals surface area contributed by atoms with Crippen molar-refractivity contribution in [2.24, 2.45) is 0 Å². The molecule has 0 unspecified atom stereocenters. The summed E-state index contributed by atoms with van der Waals surface area (Å²) in [6, 6.07) is 0. The van der Waals surface area contributed by atoms with Gasteiger partial charge in [0.1, 0.15) is 10.8 Å². The average molecular weight is 184 g/mol. The predicted molar refractivity (Wildman–Crippen MR) is 50.5 cm³/mol. The van der Waals surface area contributed by atoms with Crippen molar-refractivity contribution in [1.29, 1.82) is 0 Å². The Labute approximate surface area is 77.6 Å². The van der Waals surface area contributed by atoms with Gasteiger partial charge in [-0.05, 0) is 20.8 Å². The van der Waals surface area contributed by atoms with E-state index in [1.807, 2.05) is 20.8 Å². The van der Waals surface area contributed by atoms with Gasteiger partial charge in [0, 0.05) is 0 Å². The molecule has 66 valence electrons. The second-order valence-corrected chi connectivity index (χ2v) is 4.09. The third-order valence-corrected chi connectivity index (χ3v) is 1.22. The average Bonchev–Trinajstić information content (AvgIpc) is 1.91. The largest absolute Gasteiger partial charge is 0.474 e. The van der Waals surface area contributed by atoms with Crippen LogP contribution in [0.25, 0.3) is 0 Å². The second kappa shape index (κ2) is 3.31. The normalized spacial score (nSPS) is 11.3. The van der Waals surface area contributed by atoms with Crippen LogP contribution in [0.3, 0.4) is 0 Å². The fraction of sp³-hybridized carbons (Fsp3) is 0.500. The molecule has 1 rings (SSSR count). The fourth-order valence-corrected chi connectivity index (χ4v) is 0.827. The summed E-state index contributed by atoms with van der Waals surface area (Å²) >= 11 is 4.21. The van der Waals surface area contributed by atoms with Crippen LogP contribution in [0.1, 0.15) is 19.7 Å². The van der Waals surface area contributed by atoms with Crippen LogP contribution in [-0.2, 0) is 0 Å². The molecule has 0 N–H and O–H groups in total. The van der Waals surface area contributed by atoms with Gasteiger partial charge in [-0.1, -0.05) is 0 Å². The number of ether oxygens (including phenoxy) is 1. The number of hydrogen-bond donors (Lipinski definition) is 1. The highest BCUT2D eigenvalue weighted by molar-refractivity contribution is 7.81. The standard InChI is InChI=1S/C8H12N2OS/c1-6-9-4-7(5-10-6)11-8(2,3)12/h4-5,12H,1-3H3. The molecule has 0 aromatic carbocycles. The summed E-state index contributed by atoms with van der Waals surface area (Å²) in [5.74, 6) is 1.37. The van der Waals surface area contributed by atoms with E-state index in [-0.39, 0.29) is 0 Å². The lowest BCUT2D eigenvalue weighted by molar-refractivity contribution is 0.207. The van der Waals surface area contributed by atoms with Gasteiger partial charge in [0.2, 0.25) is 0 Å². The third kappa shape index (κ3) is 3.09. The van der Waals surface area contributed by atoms with E-state index in [2.05, 4.69) is 22.6 Å². The highest BCUT2D eigenvalue weighted by Gasteiger charge is 2.12. The van der Waals surface area contributed by atoms with E-state index < -0.39 is 4.93 Å². The van der Waals surface area contributed by atoms with Crippen molar-refractivity contribution in [2.75, 3.05) is 0 Å². The van der Waals surface area contributed by atoms with Crippen LogP contribution in [0.4, 0.5) is 0 Å². The molecule has 0 fully saturated rings. The van der Waals surface area contributed by atoms with Crippen LogP contribution in [-0.4, -0.2) is 14.9 Å². The maximum Gasteiger partial charge on any atom is 0.158 e. The van der Waals surface area contributed by atoms with Crippen LogP contribution in [0.5, 0.6) is 5.75 Å². The molecule has 1 heterocycles. The first-order chi connectivity index (χ1) is 5.47. The van der Waals surface area contributed by atoms with Gasteiger partial charge in [-0.15, -0.1) is 12.6 Å². The number of thiol groups is 1. The topological polar surface area (TPSA) is 35.0 Å². The van der Waals surface area contributed by atoms with Gasteiger partial charge >= 0.3 is 0 Å². The summed E-state index contributed by atoms with van der Waals surface area (Å²) in [4.78, 5) is 7.50. The second-order valence-electron chi connectivity index (χ2n) is 3.01. The molecule has 1 aromatic heterocycles. The first-order valence-electron chi connectivity index (χ1n) is 3.67. The Hall–Kier alpha value is -0.770. The highest BCUT2D eigenvalue weighted by atomic mass is 32.1. The van der Waals surface area contributed by atoms with Gasteiger partial charge in [-0.3, -0.25) is 0 Å². The van der Waals surface area contributed by atoms with Crippen LogP contribution in [0.15, 0.2) is 12.4 Å². The number of rotatable bonds is 2. The quantitative estimate of drug-likeness (QED) is 0.562. The Kier molecular flexibility index (Phi) is 2.57. The summed E-state index contributed by atoms with van der Waals surface area (Å²) in [5, 5.41) is 0. The number of aromatic nitrogens is 2. The minimum absolute atomic E-state index is 0.487. The molecule has 1 aromatic rings. The minimum atomic E-state index is -0.487. The number of nitrogens with zero attached hydrogens (tertiary/aromatic N) is 2. The van der Waals surface area contributed by atoms with E-state index in [9.17, 15) is 0 Å². The summed E-state index contributed by atoms with van der Waals surface area (Å²) in [7, 11) is 0. The molecule has 0 saturated carbocycles. The van der Waals surface area contributed by atoms with Gasteiger partial charge in [0.25, 0.3) is 0 Å². The zero-order valence-electron chi connectivity index (χ0n) is 7.40. The fourth-order valence-electron chi connectivity index (χ4n) is 0.722. The van der Waals surface area contributed by atoms with Crippen molar-refractivity contribution in [3.63, 3.8) is 0 Å². The van der Waals surface area contributed by atoms with E-state index >= 15 is 0 Å². The molecule has 0 aliphatic heterocycles. The smallest absolute Gasteiger partial charge is 0.158 e. The van der Waals surface area contributed by atoms with Gasteiger partial charge in [0.15, 0.2) is 5.75 Å². The van der Waals surface area contributed by atoms with E-state index in [1.165, 1.54) is 0 Å². The lowest BCUT2D eigenvalue weighted by Crippen LogP contribution is -2.19. The van der Waals surface area contributed by atoms with Crippen molar-refractivity contribution in [3.8, 4) is 5.75 Å². The molecule has 0 radical (unpaired) electrons. The highest BCUT2D eigenvalue weighted by Crippen LogP contribution is 2.18. The molecular formula is C8H12N2OS. The van der Waals surface area contributed by atoms with Crippen LogP contribution < -0.4 is 4.74 Å². The molecule has 0 aliphatic rings. The maximum atomic E-state index is 5.40. The lowest BCUT2D eigenvalue weighted by Gasteiger charge is -2.19. The van der Waals surface area contributed by atoms with Gasteiger partial charge in [0.05, 0.1) is 12.4 Å². The van der Waals surface area contributed by atoms with Crippen molar-refractivity contribution in [3.05, 3.63) is 18.2 Å². The summed E-state index contributed by atoms with van der Waals surface area (Å²) in [6.45, 7) is 5.54. The van der Waals surface area contributed by atoms with Crippen LogP contribution in [0, 0.1) is 6.92 Å². The van der Waals surface area contributed by atoms with Crippen molar-refractivity contribution < 1.29 is 4.74 Å². The molecule has 0 spiro atoms. The van der Waals surface area contributed by atoms with Gasteiger partial charge in [-0.25, -0.2) is 9.97 Å². The van der Waals surface area contributed by atoms with Crippen LogP contribution in [0.2, 0.25) is 0 Å². The minimum Gasteiger partial charge on any atom is -0.474 e. The number of hydrogen-bond acceptors (Lipinski definition) is 4. The molecule has 0 amide bonds. The molecule has 4 heteroatoms. The lowest BCUT2D eigenvalue weighted by atomic mass is 10.4. The van der Waals surface area contributed by atoms with Gasteiger partial charge < -0.3 is 4.74 Å². The Morgan fingerprint density at radius 2 is 1.83 bits per heavy atom. The molecule has 0 aliphatic carbocycles. The van der Waals surface area contributed by atoms with Crippen molar-refractivity contribution in [1.82, 2.24) is 9.97 Å². The summed E-state index contributed by atoms with van der Waals surface area (Å²) in [5.41, 5.74) is 0. The monoisotopic (exact) mass is 184 g/mol. The molecule has 12 heavy (non-hydrogen) atoms. The predicted octanol–water partition coefficient (Wildman–Crippen LogP) is 1.83. The molecule has 0 atom stereocenters.